The Bertz CT molecular complexity index is 760. The number of ether oxygens (including phenoxy) is 1. The normalized spacial score (nSPS) is 13.0. The molecule has 0 aliphatic heterocycles. The maximum Gasteiger partial charge on any atom is 0.371 e. The van der Waals surface area contributed by atoms with Crippen molar-refractivity contribution in [2.45, 2.75) is 39.2 Å². The van der Waals surface area contributed by atoms with Crippen LogP contribution in [-0.4, -0.2) is 23.1 Å². The Kier molecular flexibility index (Phi) is 6.78. The van der Waals surface area contributed by atoms with Crippen LogP contribution in [-0.2, 0) is 22.4 Å². The van der Waals surface area contributed by atoms with Gasteiger partial charge in [-0.05, 0) is 36.1 Å². The zero-order chi connectivity index (χ0) is 19.1. The highest BCUT2D eigenvalue weighted by Gasteiger charge is 2.24. The first-order valence-electron chi connectivity index (χ1n) is 8.57. The van der Waals surface area contributed by atoms with Gasteiger partial charge in [-0.1, -0.05) is 43.8 Å². The zero-order valence-corrected chi connectivity index (χ0v) is 15.1. The molecule has 0 bridgehead atoms. The fourth-order valence-electron chi connectivity index (χ4n) is 2.93. The molecule has 0 radical (unpaired) electrons. The van der Waals surface area contributed by atoms with E-state index in [0.717, 1.165) is 12.0 Å². The molecule has 26 heavy (non-hydrogen) atoms. The SMILES string of the molecule is C=C(CCc1ccc(C(=O)O)o1)[C@@H](OC(C)=O)[C@H](C)Cc1ccccc1. The average molecular weight is 356 g/mol. The van der Waals surface area contributed by atoms with Gasteiger partial charge in [-0.3, -0.25) is 4.79 Å². The maximum absolute atomic E-state index is 11.5. The van der Waals surface area contributed by atoms with Gasteiger partial charge in [0.2, 0.25) is 5.76 Å². The van der Waals surface area contributed by atoms with Gasteiger partial charge < -0.3 is 14.3 Å². The van der Waals surface area contributed by atoms with Crippen molar-refractivity contribution < 1.29 is 23.8 Å². The molecule has 138 valence electrons. The second-order valence-electron chi connectivity index (χ2n) is 6.43. The quantitative estimate of drug-likeness (QED) is 0.536. The Balaban J connectivity index is 2.00. The third kappa shape index (κ3) is 5.62. The van der Waals surface area contributed by atoms with Gasteiger partial charge in [0.05, 0.1) is 0 Å². The average Bonchev–Trinajstić information content (AvgIpc) is 3.07. The van der Waals surface area contributed by atoms with Crippen LogP contribution in [0.1, 0.15) is 42.1 Å². The summed E-state index contributed by atoms with van der Waals surface area (Å²) in [5.41, 5.74) is 1.96. The Morgan fingerprint density at radius 2 is 1.88 bits per heavy atom. The highest BCUT2D eigenvalue weighted by molar-refractivity contribution is 5.84. The van der Waals surface area contributed by atoms with Crippen molar-refractivity contribution in [3.63, 3.8) is 0 Å². The van der Waals surface area contributed by atoms with Crippen LogP contribution in [0.25, 0.3) is 0 Å². The van der Waals surface area contributed by atoms with Gasteiger partial charge >= 0.3 is 11.9 Å². The molecule has 5 heteroatoms. The van der Waals surface area contributed by atoms with Crippen molar-refractivity contribution in [1.29, 1.82) is 0 Å². The number of benzene rings is 1. The number of hydrogen-bond acceptors (Lipinski definition) is 4. The Labute approximate surface area is 153 Å². The van der Waals surface area contributed by atoms with Crippen LogP contribution in [0.3, 0.4) is 0 Å². The number of furan rings is 1. The molecule has 2 rings (SSSR count). The molecular weight excluding hydrogens is 332 g/mol. The zero-order valence-electron chi connectivity index (χ0n) is 15.1. The lowest BCUT2D eigenvalue weighted by atomic mass is 9.89. The number of aromatic carboxylic acids is 1. The van der Waals surface area contributed by atoms with Crippen LogP contribution >= 0.6 is 0 Å². The van der Waals surface area contributed by atoms with Crippen LogP contribution in [0.4, 0.5) is 0 Å². The summed E-state index contributed by atoms with van der Waals surface area (Å²) in [6.07, 6.45) is 1.41. The third-order valence-corrected chi connectivity index (χ3v) is 4.18. The van der Waals surface area contributed by atoms with E-state index in [1.54, 1.807) is 6.07 Å². The smallest absolute Gasteiger partial charge is 0.371 e. The van der Waals surface area contributed by atoms with E-state index in [4.69, 9.17) is 14.3 Å². The van der Waals surface area contributed by atoms with E-state index in [1.165, 1.54) is 18.6 Å². The summed E-state index contributed by atoms with van der Waals surface area (Å²) in [5, 5.41) is 8.91. The van der Waals surface area contributed by atoms with Crippen LogP contribution in [0.5, 0.6) is 0 Å². The van der Waals surface area contributed by atoms with Crippen LogP contribution in [0, 0.1) is 5.92 Å². The highest BCUT2D eigenvalue weighted by atomic mass is 16.5. The largest absolute Gasteiger partial charge is 0.475 e. The molecular formula is C21H24O5. The Hall–Kier alpha value is -2.82. The summed E-state index contributed by atoms with van der Waals surface area (Å²) in [6.45, 7) is 7.51. The first-order valence-corrected chi connectivity index (χ1v) is 8.57. The summed E-state index contributed by atoms with van der Waals surface area (Å²) in [6, 6.07) is 13.1. The number of hydrogen-bond donors (Lipinski definition) is 1. The molecule has 0 aliphatic carbocycles. The Morgan fingerprint density at radius 1 is 1.19 bits per heavy atom. The van der Waals surface area contributed by atoms with E-state index in [1.807, 2.05) is 37.3 Å². The third-order valence-electron chi connectivity index (χ3n) is 4.18. The van der Waals surface area contributed by atoms with Crippen molar-refractivity contribution >= 4 is 11.9 Å². The summed E-state index contributed by atoms with van der Waals surface area (Å²) >= 11 is 0. The monoisotopic (exact) mass is 356 g/mol. The van der Waals surface area contributed by atoms with Gasteiger partial charge in [0, 0.05) is 19.3 Å². The van der Waals surface area contributed by atoms with Crippen LogP contribution < -0.4 is 0 Å². The van der Waals surface area contributed by atoms with Gasteiger partial charge in [0.25, 0.3) is 0 Å². The van der Waals surface area contributed by atoms with Crippen LogP contribution in [0.2, 0.25) is 0 Å². The summed E-state index contributed by atoms with van der Waals surface area (Å²) in [7, 11) is 0. The molecule has 1 N–H and O–H groups in total. The molecule has 1 heterocycles. The predicted molar refractivity (Wildman–Crippen MR) is 98.0 cm³/mol. The minimum atomic E-state index is -1.09. The molecule has 0 saturated carbocycles. The second-order valence-corrected chi connectivity index (χ2v) is 6.43. The van der Waals surface area contributed by atoms with Crippen molar-refractivity contribution in [2.24, 2.45) is 5.92 Å². The minimum absolute atomic E-state index is 0.0694. The first kappa shape index (κ1) is 19.5. The second kappa shape index (κ2) is 9.04. The topological polar surface area (TPSA) is 76.7 Å². The van der Waals surface area contributed by atoms with Crippen molar-refractivity contribution in [2.75, 3.05) is 0 Å². The molecule has 1 aromatic heterocycles. The van der Waals surface area contributed by atoms with Crippen molar-refractivity contribution in [3.8, 4) is 0 Å². The molecule has 1 aromatic carbocycles. The summed E-state index contributed by atoms with van der Waals surface area (Å²) in [5.74, 6) is -0.882. The molecule has 0 spiro atoms. The molecule has 2 aromatic rings. The number of esters is 1. The van der Waals surface area contributed by atoms with Gasteiger partial charge in [-0.2, -0.15) is 0 Å². The lowest BCUT2D eigenvalue weighted by molar-refractivity contribution is -0.146. The summed E-state index contributed by atoms with van der Waals surface area (Å²) < 4.78 is 10.8. The lowest BCUT2D eigenvalue weighted by Gasteiger charge is -2.26. The number of carboxylic acids is 1. The number of carbonyl (C=O) groups is 2. The molecule has 2 atom stereocenters. The first-order chi connectivity index (χ1) is 12.4. The predicted octanol–water partition coefficient (Wildman–Crippen LogP) is 4.28. The molecule has 0 fully saturated rings. The van der Waals surface area contributed by atoms with E-state index in [0.29, 0.717) is 18.6 Å². The van der Waals surface area contributed by atoms with E-state index in [-0.39, 0.29) is 17.6 Å². The summed E-state index contributed by atoms with van der Waals surface area (Å²) in [4.78, 5) is 22.4. The van der Waals surface area contributed by atoms with E-state index in [2.05, 4.69) is 6.58 Å². The number of rotatable bonds is 9. The molecule has 0 unspecified atom stereocenters. The van der Waals surface area contributed by atoms with Gasteiger partial charge in [-0.25, -0.2) is 4.79 Å². The minimum Gasteiger partial charge on any atom is -0.475 e. The van der Waals surface area contributed by atoms with Crippen molar-refractivity contribution in [1.82, 2.24) is 0 Å². The van der Waals surface area contributed by atoms with E-state index in [9.17, 15) is 9.59 Å². The molecule has 5 nitrogen and oxygen atoms in total. The maximum atomic E-state index is 11.5. The van der Waals surface area contributed by atoms with E-state index < -0.39 is 12.1 Å². The highest BCUT2D eigenvalue weighted by Crippen LogP contribution is 2.24. The fourth-order valence-corrected chi connectivity index (χ4v) is 2.93. The van der Waals surface area contributed by atoms with Gasteiger partial charge in [-0.15, -0.1) is 0 Å². The Morgan fingerprint density at radius 3 is 2.46 bits per heavy atom. The van der Waals surface area contributed by atoms with E-state index >= 15 is 0 Å². The fraction of sp³-hybridized carbons (Fsp3) is 0.333. The molecule has 0 saturated heterocycles. The number of carboxylic acid groups (broad SMARTS) is 1. The molecule has 0 aliphatic rings. The van der Waals surface area contributed by atoms with Crippen LogP contribution in [0.15, 0.2) is 59.0 Å². The van der Waals surface area contributed by atoms with Crippen molar-refractivity contribution in [3.05, 3.63) is 71.7 Å². The lowest BCUT2D eigenvalue weighted by Crippen LogP contribution is -2.28. The van der Waals surface area contributed by atoms with Gasteiger partial charge in [0.15, 0.2) is 0 Å². The standard InChI is InChI=1S/C21H24O5/c1-14(9-10-18-11-12-19(26-18)21(23)24)20(25-16(3)22)15(2)13-17-7-5-4-6-8-17/h4-8,11-12,15,20H,1,9-10,13H2,2-3H3,(H,23,24)/t15-,20-/m1/s1. The van der Waals surface area contributed by atoms with Gasteiger partial charge in [0.1, 0.15) is 11.9 Å². The number of carbonyl (C=O) groups excluding carboxylic acids is 1. The molecule has 0 amide bonds. The number of aryl methyl sites for hydroxylation is 1.